The van der Waals surface area contributed by atoms with E-state index in [-0.39, 0.29) is 5.28 Å². The summed E-state index contributed by atoms with van der Waals surface area (Å²) in [5.74, 6) is 0.540. The van der Waals surface area contributed by atoms with Gasteiger partial charge in [0.05, 0.1) is 17.6 Å². The third-order valence-corrected chi connectivity index (χ3v) is 2.29. The summed E-state index contributed by atoms with van der Waals surface area (Å²) in [5, 5.41) is 9.82. The molecule has 0 saturated carbocycles. The largest absolute Gasteiger partial charge is 0.394 e. The van der Waals surface area contributed by atoms with Gasteiger partial charge in [0.1, 0.15) is 0 Å². The molecule has 0 aliphatic carbocycles. The molecule has 0 fully saturated rings. The van der Waals surface area contributed by atoms with Crippen molar-refractivity contribution in [2.45, 2.75) is 13.5 Å². The van der Waals surface area contributed by atoms with Crippen LogP contribution in [0.4, 0.5) is 11.5 Å². The Labute approximate surface area is 97.2 Å². The van der Waals surface area contributed by atoms with E-state index in [1.165, 1.54) is 0 Å². The van der Waals surface area contributed by atoms with Crippen molar-refractivity contribution in [3.8, 4) is 0 Å². The Hall–Kier alpha value is -1.82. The predicted molar refractivity (Wildman–Crippen MR) is 62.1 cm³/mol. The minimum absolute atomic E-state index is 0.182. The molecule has 7 heteroatoms. The monoisotopic (exact) mass is 238 g/mol. The Morgan fingerprint density at radius 2 is 2.31 bits per heavy atom. The van der Waals surface area contributed by atoms with E-state index >= 15 is 0 Å². The van der Waals surface area contributed by atoms with Crippen molar-refractivity contribution < 1.29 is 0 Å². The maximum Gasteiger partial charge on any atom is 0.224 e. The molecule has 0 saturated heterocycles. The van der Waals surface area contributed by atoms with Crippen LogP contribution in [-0.4, -0.2) is 20.2 Å². The van der Waals surface area contributed by atoms with Crippen LogP contribution in [0.2, 0.25) is 5.28 Å². The lowest BCUT2D eigenvalue weighted by Gasteiger charge is -2.08. The smallest absolute Gasteiger partial charge is 0.224 e. The minimum atomic E-state index is 0.182. The summed E-state index contributed by atoms with van der Waals surface area (Å²) in [6, 6.07) is 0. The van der Waals surface area contributed by atoms with Crippen molar-refractivity contribution in [3.05, 3.63) is 28.9 Å². The number of halogens is 1. The SMILES string of the molecule is Cc1nc(Cl)nc(NCc2cn[nH]c2)c1N. The number of nitrogens with one attached hydrogen (secondary N) is 2. The van der Waals surface area contributed by atoms with Gasteiger partial charge in [-0.1, -0.05) is 0 Å². The lowest BCUT2D eigenvalue weighted by molar-refractivity contribution is 1.06. The Morgan fingerprint density at radius 1 is 1.50 bits per heavy atom. The third-order valence-electron chi connectivity index (χ3n) is 2.12. The number of aromatic amines is 1. The normalized spacial score (nSPS) is 10.4. The van der Waals surface area contributed by atoms with Crippen molar-refractivity contribution in [3.63, 3.8) is 0 Å². The zero-order valence-corrected chi connectivity index (χ0v) is 9.41. The molecular formula is C9H11ClN6. The highest BCUT2D eigenvalue weighted by Crippen LogP contribution is 2.20. The van der Waals surface area contributed by atoms with Crippen LogP contribution in [0.5, 0.6) is 0 Å². The van der Waals surface area contributed by atoms with E-state index in [2.05, 4.69) is 25.5 Å². The van der Waals surface area contributed by atoms with E-state index in [1.807, 2.05) is 0 Å². The van der Waals surface area contributed by atoms with Crippen LogP contribution in [0.15, 0.2) is 12.4 Å². The van der Waals surface area contributed by atoms with Crippen LogP contribution in [0.25, 0.3) is 0 Å². The molecular weight excluding hydrogens is 228 g/mol. The molecule has 0 aliphatic rings. The van der Waals surface area contributed by atoms with Crippen molar-refractivity contribution in [1.82, 2.24) is 20.2 Å². The number of hydrogen-bond acceptors (Lipinski definition) is 5. The minimum Gasteiger partial charge on any atom is -0.394 e. The highest BCUT2D eigenvalue weighted by molar-refractivity contribution is 6.28. The van der Waals surface area contributed by atoms with Crippen LogP contribution < -0.4 is 11.1 Å². The van der Waals surface area contributed by atoms with Gasteiger partial charge < -0.3 is 11.1 Å². The maximum absolute atomic E-state index is 5.82. The molecule has 16 heavy (non-hydrogen) atoms. The average molecular weight is 239 g/mol. The maximum atomic E-state index is 5.82. The van der Waals surface area contributed by atoms with E-state index in [0.717, 1.165) is 5.56 Å². The first-order chi connectivity index (χ1) is 7.66. The molecule has 0 radical (unpaired) electrons. The van der Waals surface area contributed by atoms with Crippen LogP contribution in [-0.2, 0) is 6.54 Å². The number of rotatable bonds is 3. The van der Waals surface area contributed by atoms with Crippen molar-refractivity contribution >= 4 is 23.1 Å². The van der Waals surface area contributed by atoms with Gasteiger partial charge >= 0.3 is 0 Å². The van der Waals surface area contributed by atoms with Crippen LogP contribution in [0.3, 0.4) is 0 Å². The van der Waals surface area contributed by atoms with E-state index in [0.29, 0.717) is 23.7 Å². The number of H-pyrrole nitrogens is 1. The van der Waals surface area contributed by atoms with Gasteiger partial charge in [-0.05, 0) is 18.5 Å². The standard InChI is InChI=1S/C9H11ClN6/c1-5-7(11)8(16-9(10)15-5)12-2-6-3-13-14-4-6/h3-4H,2,11H2,1H3,(H,13,14)(H,12,15,16). The van der Waals surface area contributed by atoms with Crippen LogP contribution >= 0.6 is 11.6 Å². The van der Waals surface area contributed by atoms with Crippen LogP contribution in [0, 0.1) is 6.92 Å². The lowest BCUT2D eigenvalue weighted by Crippen LogP contribution is -2.07. The molecule has 0 spiro atoms. The second-order valence-electron chi connectivity index (χ2n) is 3.30. The van der Waals surface area contributed by atoms with Gasteiger partial charge in [0, 0.05) is 18.3 Å². The fourth-order valence-corrected chi connectivity index (χ4v) is 1.45. The van der Waals surface area contributed by atoms with Gasteiger partial charge in [-0.3, -0.25) is 5.10 Å². The summed E-state index contributed by atoms with van der Waals surface area (Å²) < 4.78 is 0. The Bertz CT molecular complexity index is 481. The van der Waals surface area contributed by atoms with Gasteiger partial charge in [-0.2, -0.15) is 10.1 Å². The Balaban J connectivity index is 2.15. The number of aryl methyl sites for hydroxylation is 1. The molecule has 6 nitrogen and oxygen atoms in total. The van der Waals surface area contributed by atoms with E-state index in [4.69, 9.17) is 17.3 Å². The highest BCUT2D eigenvalue weighted by atomic mass is 35.5. The molecule has 0 amide bonds. The first kappa shape index (κ1) is 10.7. The molecule has 2 aromatic heterocycles. The van der Waals surface area contributed by atoms with E-state index < -0.39 is 0 Å². The molecule has 0 unspecified atom stereocenters. The summed E-state index contributed by atoms with van der Waals surface area (Å²) in [4.78, 5) is 7.97. The molecule has 4 N–H and O–H groups in total. The summed E-state index contributed by atoms with van der Waals surface area (Å²) in [5.41, 5.74) is 8.00. The number of nitrogens with zero attached hydrogens (tertiary/aromatic N) is 3. The summed E-state index contributed by atoms with van der Waals surface area (Å²) in [7, 11) is 0. The quantitative estimate of drug-likeness (QED) is 0.702. The number of anilines is 2. The van der Waals surface area contributed by atoms with Crippen molar-refractivity contribution in [2.24, 2.45) is 0 Å². The van der Waals surface area contributed by atoms with E-state index in [1.54, 1.807) is 19.3 Å². The number of nitrogen functional groups attached to an aromatic ring is 1. The number of aromatic nitrogens is 4. The lowest BCUT2D eigenvalue weighted by atomic mass is 10.3. The van der Waals surface area contributed by atoms with Gasteiger partial charge in [0.25, 0.3) is 0 Å². The van der Waals surface area contributed by atoms with Crippen LogP contribution in [0.1, 0.15) is 11.3 Å². The fraction of sp³-hybridized carbons (Fsp3) is 0.222. The third kappa shape index (κ3) is 2.22. The second kappa shape index (κ2) is 4.36. The van der Waals surface area contributed by atoms with Gasteiger partial charge in [-0.15, -0.1) is 0 Å². The summed E-state index contributed by atoms with van der Waals surface area (Å²) in [6.07, 6.45) is 3.51. The summed E-state index contributed by atoms with van der Waals surface area (Å²) >= 11 is 5.75. The molecule has 0 aromatic carbocycles. The second-order valence-corrected chi connectivity index (χ2v) is 3.64. The molecule has 0 atom stereocenters. The number of hydrogen-bond donors (Lipinski definition) is 3. The topological polar surface area (TPSA) is 92.5 Å². The first-order valence-electron chi connectivity index (χ1n) is 4.68. The van der Waals surface area contributed by atoms with Crippen molar-refractivity contribution in [1.29, 1.82) is 0 Å². The zero-order valence-electron chi connectivity index (χ0n) is 8.66. The summed E-state index contributed by atoms with van der Waals surface area (Å²) in [6.45, 7) is 2.36. The Morgan fingerprint density at radius 3 is 3.00 bits per heavy atom. The van der Waals surface area contributed by atoms with Gasteiger partial charge in [-0.25, -0.2) is 4.98 Å². The molecule has 0 bridgehead atoms. The first-order valence-corrected chi connectivity index (χ1v) is 5.05. The fourth-order valence-electron chi connectivity index (χ4n) is 1.24. The molecule has 2 aromatic rings. The Kier molecular flexibility index (Phi) is 2.91. The predicted octanol–water partition coefficient (Wildman–Crippen LogP) is 1.36. The van der Waals surface area contributed by atoms with Gasteiger partial charge in [0.2, 0.25) is 5.28 Å². The van der Waals surface area contributed by atoms with Crippen molar-refractivity contribution in [2.75, 3.05) is 11.1 Å². The number of nitrogens with two attached hydrogens (primary N) is 1. The zero-order chi connectivity index (χ0) is 11.5. The molecule has 2 heterocycles. The average Bonchev–Trinajstić information content (AvgIpc) is 2.74. The van der Waals surface area contributed by atoms with Gasteiger partial charge in [0.15, 0.2) is 5.82 Å². The molecule has 2 rings (SSSR count). The molecule has 0 aliphatic heterocycles. The van der Waals surface area contributed by atoms with E-state index in [9.17, 15) is 0 Å². The highest BCUT2D eigenvalue weighted by Gasteiger charge is 2.07. The molecule has 84 valence electrons.